The van der Waals surface area contributed by atoms with Gasteiger partial charge >= 0.3 is 0 Å². The summed E-state index contributed by atoms with van der Waals surface area (Å²) in [5.41, 5.74) is -0.0968. The maximum Gasteiger partial charge on any atom is 0.276 e. The smallest absolute Gasteiger partial charge is 0.206 e. The fourth-order valence-electron chi connectivity index (χ4n) is 1.71. The molecule has 82 valence electrons. The highest BCUT2D eigenvalue weighted by atomic mass is 79.9. The Hall–Kier alpha value is -0.510. The zero-order valence-corrected chi connectivity index (χ0v) is 9.53. The van der Waals surface area contributed by atoms with Crippen molar-refractivity contribution < 1.29 is 13.2 Å². The molecule has 2 rings (SSSR count). The molecule has 1 fully saturated rings. The number of benzene rings is 1. The third kappa shape index (κ3) is 1.92. The van der Waals surface area contributed by atoms with Crippen molar-refractivity contribution in [3.05, 3.63) is 34.1 Å². The van der Waals surface area contributed by atoms with Crippen LogP contribution in [0.2, 0.25) is 0 Å². The maximum atomic E-state index is 13.8. The predicted molar refractivity (Wildman–Crippen MR) is 55.3 cm³/mol. The van der Waals surface area contributed by atoms with E-state index in [4.69, 9.17) is 0 Å². The van der Waals surface area contributed by atoms with Gasteiger partial charge in [-0.2, -0.15) is 0 Å². The summed E-state index contributed by atoms with van der Waals surface area (Å²) in [6.07, 6.45) is 1.98. The third-order valence-electron chi connectivity index (χ3n) is 2.92. The highest BCUT2D eigenvalue weighted by Gasteiger charge is 2.44. The van der Waals surface area contributed by atoms with Crippen LogP contribution in [-0.4, -0.2) is 0 Å². The Morgan fingerprint density at radius 2 is 1.93 bits per heavy atom. The first-order chi connectivity index (χ1) is 7.01. The second kappa shape index (κ2) is 3.81. The molecule has 1 aliphatic carbocycles. The molecule has 0 radical (unpaired) electrons. The van der Waals surface area contributed by atoms with Crippen LogP contribution in [0.3, 0.4) is 0 Å². The Bertz CT molecular complexity index is 372. The molecule has 0 saturated heterocycles. The molecular weight excluding hydrogens is 269 g/mol. The van der Waals surface area contributed by atoms with Gasteiger partial charge in [0.25, 0.3) is 5.92 Å². The van der Waals surface area contributed by atoms with Gasteiger partial charge in [0.15, 0.2) is 0 Å². The molecule has 0 amide bonds. The molecule has 0 aliphatic heterocycles. The zero-order valence-electron chi connectivity index (χ0n) is 7.94. The van der Waals surface area contributed by atoms with Crippen LogP contribution in [-0.2, 0) is 5.92 Å². The molecule has 0 spiro atoms. The number of hydrogen-bond acceptors (Lipinski definition) is 0. The van der Waals surface area contributed by atoms with Gasteiger partial charge in [-0.1, -0.05) is 12.5 Å². The highest BCUT2D eigenvalue weighted by molar-refractivity contribution is 9.10. The molecule has 0 aromatic heterocycles. The zero-order chi connectivity index (χ0) is 11.1. The van der Waals surface area contributed by atoms with Crippen LogP contribution in [0, 0.1) is 11.7 Å². The lowest BCUT2D eigenvalue weighted by Crippen LogP contribution is -2.31. The summed E-state index contributed by atoms with van der Waals surface area (Å²) < 4.78 is 40.5. The summed E-state index contributed by atoms with van der Waals surface area (Å²) in [4.78, 5) is 0. The molecule has 4 heteroatoms. The molecule has 1 saturated carbocycles. The summed E-state index contributed by atoms with van der Waals surface area (Å²) in [5.74, 6) is -3.91. The van der Waals surface area contributed by atoms with E-state index in [2.05, 4.69) is 15.9 Å². The van der Waals surface area contributed by atoms with E-state index in [0.717, 1.165) is 12.5 Å². The third-order valence-corrected chi connectivity index (χ3v) is 3.53. The fourth-order valence-corrected chi connectivity index (χ4v) is 2.09. The SMILES string of the molecule is Fc1ccc(C(F)(F)C2CCC2)cc1Br. The molecule has 1 aromatic rings. The fraction of sp³-hybridized carbons (Fsp3) is 0.455. The molecule has 0 atom stereocenters. The molecule has 15 heavy (non-hydrogen) atoms. The van der Waals surface area contributed by atoms with Crippen molar-refractivity contribution in [2.45, 2.75) is 25.2 Å². The Morgan fingerprint density at radius 3 is 2.40 bits per heavy atom. The van der Waals surface area contributed by atoms with Gasteiger partial charge in [-0.15, -0.1) is 0 Å². The van der Waals surface area contributed by atoms with Crippen molar-refractivity contribution in [1.82, 2.24) is 0 Å². The summed E-state index contributed by atoms with van der Waals surface area (Å²) in [7, 11) is 0. The van der Waals surface area contributed by atoms with Gasteiger partial charge in [-0.25, -0.2) is 13.2 Å². The lowest BCUT2D eigenvalue weighted by atomic mass is 9.78. The Morgan fingerprint density at radius 1 is 1.27 bits per heavy atom. The molecule has 0 nitrogen and oxygen atoms in total. The van der Waals surface area contributed by atoms with Crippen molar-refractivity contribution in [1.29, 1.82) is 0 Å². The number of hydrogen-bond donors (Lipinski definition) is 0. The van der Waals surface area contributed by atoms with Crippen LogP contribution in [0.1, 0.15) is 24.8 Å². The van der Waals surface area contributed by atoms with Crippen LogP contribution in [0.25, 0.3) is 0 Å². The van der Waals surface area contributed by atoms with E-state index in [0.29, 0.717) is 12.8 Å². The molecular formula is C11H10BrF3. The molecule has 1 aromatic carbocycles. The van der Waals surface area contributed by atoms with Crippen LogP contribution in [0.4, 0.5) is 13.2 Å². The van der Waals surface area contributed by atoms with Crippen molar-refractivity contribution in [2.75, 3.05) is 0 Å². The number of rotatable bonds is 2. The minimum Gasteiger partial charge on any atom is -0.206 e. The minimum atomic E-state index is -2.82. The van der Waals surface area contributed by atoms with Crippen molar-refractivity contribution in [2.24, 2.45) is 5.92 Å². The Balaban J connectivity index is 2.31. The van der Waals surface area contributed by atoms with Gasteiger partial charge in [0, 0.05) is 11.5 Å². The van der Waals surface area contributed by atoms with Gasteiger partial charge < -0.3 is 0 Å². The van der Waals surface area contributed by atoms with Gasteiger partial charge in [0.2, 0.25) is 0 Å². The average Bonchev–Trinajstić information content (AvgIpc) is 2.05. The van der Waals surface area contributed by atoms with E-state index in [1.54, 1.807) is 0 Å². The van der Waals surface area contributed by atoms with Crippen LogP contribution < -0.4 is 0 Å². The highest BCUT2D eigenvalue weighted by Crippen LogP contribution is 2.46. The topological polar surface area (TPSA) is 0 Å². The first-order valence-electron chi connectivity index (χ1n) is 4.85. The monoisotopic (exact) mass is 278 g/mol. The Labute approximate surface area is 94.6 Å². The average molecular weight is 279 g/mol. The first-order valence-corrected chi connectivity index (χ1v) is 5.64. The van der Waals surface area contributed by atoms with E-state index in [1.165, 1.54) is 12.1 Å². The van der Waals surface area contributed by atoms with Gasteiger partial charge in [-0.3, -0.25) is 0 Å². The normalized spacial score (nSPS) is 17.6. The van der Waals surface area contributed by atoms with E-state index in [9.17, 15) is 13.2 Å². The molecule has 1 aliphatic rings. The number of alkyl halides is 2. The first kappa shape index (κ1) is 11.0. The quantitative estimate of drug-likeness (QED) is 0.748. The predicted octanol–water partition coefficient (Wildman–Crippen LogP) is 4.48. The van der Waals surface area contributed by atoms with Crippen molar-refractivity contribution in [3.63, 3.8) is 0 Å². The summed E-state index contributed by atoms with van der Waals surface area (Å²) in [5, 5.41) is 0. The van der Waals surface area contributed by atoms with E-state index in [-0.39, 0.29) is 10.0 Å². The number of halogens is 4. The van der Waals surface area contributed by atoms with E-state index >= 15 is 0 Å². The van der Waals surface area contributed by atoms with Gasteiger partial charge in [-0.05, 0) is 40.9 Å². The van der Waals surface area contributed by atoms with Crippen LogP contribution in [0.5, 0.6) is 0 Å². The maximum absolute atomic E-state index is 13.8. The summed E-state index contributed by atoms with van der Waals surface area (Å²) >= 11 is 2.92. The standard InChI is InChI=1S/C11H10BrF3/c12-9-6-8(4-5-10(9)13)11(14,15)7-2-1-3-7/h4-7H,1-3H2. The van der Waals surface area contributed by atoms with E-state index < -0.39 is 17.7 Å². The second-order valence-electron chi connectivity index (χ2n) is 3.88. The van der Waals surface area contributed by atoms with Gasteiger partial charge in [0.1, 0.15) is 5.82 Å². The van der Waals surface area contributed by atoms with Crippen molar-refractivity contribution in [3.8, 4) is 0 Å². The summed E-state index contributed by atoms with van der Waals surface area (Å²) in [6, 6.07) is 3.41. The van der Waals surface area contributed by atoms with Crippen molar-refractivity contribution >= 4 is 15.9 Å². The van der Waals surface area contributed by atoms with Gasteiger partial charge in [0.05, 0.1) is 4.47 Å². The molecule has 0 bridgehead atoms. The van der Waals surface area contributed by atoms with E-state index in [1.807, 2.05) is 0 Å². The lowest BCUT2D eigenvalue weighted by molar-refractivity contribution is -0.0943. The van der Waals surface area contributed by atoms with Crippen LogP contribution >= 0.6 is 15.9 Å². The minimum absolute atomic E-state index is 0.0963. The molecule has 0 N–H and O–H groups in total. The van der Waals surface area contributed by atoms with Crippen LogP contribution in [0.15, 0.2) is 22.7 Å². The lowest BCUT2D eigenvalue weighted by Gasteiger charge is -2.33. The molecule has 0 unspecified atom stereocenters. The Kier molecular flexibility index (Phi) is 2.79. The summed E-state index contributed by atoms with van der Waals surface area (Å²) in [6.45, 7) is 0. The largest absolute Gasteiger partial charge is 0.276 e. The molecule has 0 heterocycles. The second-order valence-corrected chi connectivity index (χ2v) is 4.73.